The first-order valence-electron chi connectivity index (χ1n) is 11.3. The molecule has 0 spiro atoms. The lowest BCUT2D eigenvalue weighted by molar-refractivity contribution is -0.145. The van der Waals surface area contributed by atoms with Crippen molar-refractivity contribution < 1.29 is 22.5 Å². The van der Waals surface area contributed by atoms with Gasteiger partial charge in [-0.15, -0.1) is 0 Å². The molecule has 0 aliphatic rings. The molecule has 5 aromatic rings. The topological polar surface area (TPSA) is 156 Å². The molecule has 5 rings (SSSR count). The van der Waals surface area contributed by atoms with E-state index >= 15 is 0 Å². The van der Waals surface area contributed by atoms with Gasteiger partial charge in [-0.3, -0.25) is 18.7 Å². The van der Waals surface area contributed by atoms with E-state index in [0.717, 1.165) is 17.0 Å². The van der Waals surface area contributed by atoms with E-state index in [1.54, 1.807) is 6.07 Å². The second-order valence-electron chi connectivity index (χ2n) is 8.41. The van der Waals surface area contributed by atoms with Crippen LogP contribution in [0.25, 0.3) is 22.4 Å². The molecule has 200 valence electrons. The van der Waals surface area contributed by atoms with E-state index in [1.807, 2.05) is 0 Å². The molecule has 1 N–H and O–H groups in total. The smallest absolute Gasteiger partial charge is 0.364 e. The Kier molecular flexibility index (Phi) is 6.29. The van der Waals surface area contributed by atoms with Crippen molar-refractivity contribution >= 4 is 22.9 Å². The highest BCUT2D eigenvalue weighted by molar-refractivity contribution is 5.93. The number of rotatable bonds is 6. The maximum atomic E-state index is 13.3. The van der Waals surface area contributed by atoms with E-state index in [1.165, 1.54) is 53.9 Å². The first kappa shape index (κ1) is 25.5. The number of pyridine rings is 1. The molecule has 0 bridgehead atoms. The fourth-order valence-corrected chi connectivity index (χ4v) is 3.83. The number of nitrogens with zero attached hydrogens (tertiary/aromatic N) is 8. The summed E-state index contributed by atoms with van der Waals surface area (Å²) in [4.78, 5) is 54.2. The van der Waals surface area contributed by atoms with Crippen LogP contribution in [-0.2, 0) is 24.6 Å². The molecule has 0 saturated carbocycles. The number of fused-ring (bicyclic) bond motifs is 1. The Balaban J connectivity index is 1.43. The van der Waals surface area contributed by atoms with Gasteiger partial charge in [0.25, 0.3) is 5.56 Å². The molecule has 0 fully saturated rings. The molecule has 0 aliphatic heterocycles. The predicted molar refractivity (Wildman–Crippen MR) is 128 cm³/mol. The van der Waals surface area contributed by atoms with Crippen LogP contribution in [0.15, 0.2) is 63.4 Å². The summed E-state index contributed by atoms with van der Waals surface area (Å²) in [5.41, 5.74) is -0.388. The summed E-state index contributed by atoms with van der Waals surface area (Å²) >= 11 is 0. The lowest BCUT2D eigenvalue weighted by Gasteiger charge is -2.15. The van der Waals surface area contributed by atoms with Crippen LogP contribution < -0.4 is 16.6 Å². The van der Waals surface area contributed by atoms with Crippen LogP contribution in [0, 0.1) is 0 Å². The van der Waals surface area contributed by atoms with Crippen molar-refractivity contribution in [2.75, 3.05) is 5.32 Å². The Morgan fingerprint density at radius 3 is 2.54 bits per heavy atom. The van der Waals surface area contributed by atoms with Gasteiger partial charge >= 0.3 is 11.9 Å². The molecule has 0 radical (unpaired) electrons. The number of hydrogen-bond donors (Lipinski definition) is 1. The zero-order valence-electron chi connectivity index (χ0n) is 20.2. The minimum absolute atomic E-state index is 0.0202. The number of imidazole rings is 1. The summed E-state index contributed by atoms with van der Waals surface area (Å²) < 4.78 is 46.5. The van der Waals surface area contributed by atoms with Gasteiger partial charge in [0.15, 0.2) is 11.2 Å². The number of aromatic nitrogens is 8. The van der Waals surface area contributed by atoms with E-state index in [2.05, 4.69) is 30.4 Å². The number of amides is 1. The van der Waals surface area contributed by atoms with Crippen LogP contribution in [0.3, 0.4) is 0 Å². The number of carbonyl (C=O) groups excluding carboxylic acids is 1. The largest absolute Gasteiger partial charge is 0.451 e. The standard InChI is InChI=1S/C23H18F3N9O4/c1-12(19(36)31-16-5-3-4-15(30-16)13-8-27-21(28-9-13)23(24,25)26)35-11-29-18-17(35)20(37)34(22(38)33(18)2)10-14-6-7-39-32-14/h3-9,11-12H,10H2,1-2H3,(H,30,31,36). The number of aryl methyl sites for hydroxylation is 1. The van der Waals surface area contributed by atoms with Crippen molar-refractivity contribution in [3.63, 3.8) is 0 Å². The molecule has 39 heavy (non-hydrogen) atoms. The molecule has 0 saturated heterocycles. The monoisotopic (exact) mass is 541 g/mol. The number of halogens is 3. The van der Waals surface area contributed by atoms with Gasteiger partial charge in [0.2, 0.25) is 11.7 Å². The lowest BCUT2D eigenvalue weighted by atomic mass is 10.2. The minimum atomic E-state index is -4.68. The minimum Gasteiger partial charge on any atom is -0.364 e. The summed E-state index contributed by atoms with van der Waals surface area (Å²) in [7, 11) is 1.45. The van der Waals surface area contributed by atoms with E-state index in [0.29, 0.717) is 5.69 Å². The average Bonchev–Trinajstić information content (AvgIpc) is 3.60. The molecule has 0 aliphatic carbocycles. The van der Waals surface area contributed by atoms with Crippen LogP contribution in [0.4, 0.5) is 19.0 Å². The summed E-state index contributed by atoms with van der Waals surface area (Å²) in [5, 5.41) is 6.35. The van der Waals surface area contributed by atoms with Crippen LogP contribution in [0.2, 0.25) is 0 Å². The van der Waals surface area contributed by atoms with E-state index in [-0.39, 0.29) is 34.8 Å². The third-order valence-corrected chi connectivity index (χ3v) is 5.87. The number of hydrogen-bond acceptors (Lipinski definition) is 9. The molecule has 13 nitrogen and oxygen atoms in total. The quantitative estimate of drug-likeness (QED) is 0.340. The third kappa shape index (κ3) is 4.78. The number of anilines is 1. The molecule has 16 heteroatoms. The van der Waals surface area contributed by atoms with Gasteiger partial charge in [-0.25, -0.2) is 24.7 Å². The van der Waals surface area contributed by atoms with Gasteiger partial charge in [-0.2, -0.15) is 13.2 Å². The van der Waals surface area contributed by atoms with Gasteiger partial charge < -0.3 is 14.4 Å². The fourth-order valence-electron chi connectivity index (χ4n) is 3.83. The summed E-state index contributed by atoms with van der Waals surface area (Å²) in [6, 6.07) is 5.10. The molecule has 5 aromatic heterocycles. The van der Waals surface area contributed by atoms with Crippen molar-refractivity contribution in [3.8, 4) is 11.3 Å². The highest BCUT2D eigenvalue weighted by Gasteiger charge is 2.34. The molecule has 1 unspecified atom stereocenters. The molecular formula is C23H18F3N9O4. The second kappa shape index (κ2) is 9.62. The number of carbonyl (C=O) groups is 1. The average molecular weight is 541 g/mol. The first-order valence-corrected chi connectivity index (χ1v) is 11.3. The van der Waals surface area contributed by atoms with E-state index in [4.69, 9.17) is 4.52 Å². The Morgan fingerprint density at radius 1 is 1.13 bits per heavy atom. The van der Waals surface area contributed by atoms with Crippen LogP contribution >= 0.6 is 0 Å². The normalized spacial score (nSPS) is 12.5. The molecule has 1 amide bonds. The summed E-state index contributed by atoms with van der Waals surface area (Å²) in [6.45, 7) is 1.38. The fraction of sp³-hybridized carbons (Fsp3) is 0.217. The van der Waals surface area contributed by atoms with Crippen molar-refractivity contribution in [1.82, 2.24) is 38.8 Å². The van der Waals surface area contributed by atoms with Gasteiger partial charge in [-0.1, -0.05) is 11.2 Å². The Morgan fingerprint density at radius 2 is 1.87 bits per heavy atom. The van der Waals surface area contributed by atoms with Gasteiger partial charge in [0, 0.05) is 31.1 Å². The summed E-state index contributed by atoms with van der Waals surface area (Å²) in [6.07, 6.45) is -0.120. The van der Waals surface area contributed by atoms with Gasteiger partial charge in [0.1, 0.15) is 23.8 Å². The lowest BCUT2D eigenvalue weighted by Crippen LogP contribution is -2.40. The predicted octanol–water partition coefficient (Wildman–Crippen LogP) is 2.00. The Labute approximate surface area is 215 Å². The van der Waals surface area contributed by atoms with Gasteiger partial charge in [-0.05, 0) is 19.1 Å². The van der Waals surface area contributed by atoms with Crippen molar-refractivity contribution in [2.24, 2.45) is 7.05 Å². The van der Waals surface area contributed by atoms with E-state index < -0.39 is 35.2 Å². The van der Waals surface area contributed by atoms with Crippen LogP contribution in [0.5, 0.6) is 0 Å². The van der Waals surface area contributed by atoms with Gasteiger partial charge in [0.05, 0.1) is 18.6 Å². The van der Waals surface area contributed by atoms with Crippen molar-refractivity contribution in [3.05, 3.63) is 81.6 Å². The maximum Gasteiger partial charge on any atom is 0.451 e. The maximum absolute atomic E-state index is 13.3. The highest BCUT2D eigenvalue weighted by Crippen LogP contribution is 2.27. The molecular weight excluding hydrogens is 523 g/mol. The molecule has 0 aromatic carbocycles. The molecule has 5 heterocycles. The van der Waals surface area contributed by atoms with E-state index in [9.17, 15) is 27.6 Å². The second-order valence-corrected chi connectivity index (χ2v) is 8.41. The van der Waals surface area contributed by atoms with Crippen molar-refractivity contribution in [2.45, 2.75) is 25.7 Å². The molecule has 1 atom stereocenters. The zero-order valence-corrected chi connectivity index (χ0v) is 20.2. The summed E-state index contributed by atoms with van der Waals surface area (Å²) in [5.74, 6) is -1.75. The number of alkyl halides is 3. The van der Waals surface area contributed by atoms with Crippen LogP contribution in [-0.4, -0.2) is 44.7 Å². The SMILES string of the molecule is CC(C(=O)Nc1cccc(-c2cnc(C(F)(F)F)nc2)n1)n1cnc2c1c(=O)n(Cc1ccon1)c(=O)n2C. The third-order valence-electron chi connectivity index (χ3n) is 5.87. The van der Waals surface area contributed by atoms with Crippen molar-refractivity contribution in [1.29, 1.82) is 0 Å². The number of nitrogens with one attached hydrogen (secondary N) is 1. The zero-order chi connectivity index (χ0) is 27.9. The van der Waals surface area contributed by atoms with Crippen LogP contribution in [0.1, 0.15) is 24.5 Å². The Hall–Kier alpha value is -5.15. The first-order chi connectivity index (χ1) is 18.5. The Bertz CT molecular complexity index is 1790. The highest BCUT2D eigenvalue weighted by atomic mass is 19.4.